The molecule has 0 amide bonds. The minimum absolute atomic E-state index is 0.132. The Morgan fingerprint density at radius 3 is 2.56 bits per heavy atom. The summed E-state index contributed by atoms with van der Waals surface area (Å²) in [5.41, 5.74) is 1.96. The second-order valence-electron chi connectivity index (χ2n) is 4.15. The van der Waals surface area contributed by atoms with Gasteiger partial charge in [0.25, 0.3) is 5.56 Å². The van der Waals surface area contributed by atoms with Crippen LogP contribution in [0.1, 0.15) is 38.0 Å². The molecule has 0 aliphatic heterocycles. The molecule has 0 atom stereocenters. The highest BCUT2D eigenvalue weighted by atomic mass is 16.1. The third kappa shape index (κ3) is 2.34. The molecule has 2 aromatic rings. The Morgan fingerprint density at radius 1 is 1.17 bits per heavy atom. The van der Waals surface area contributed by atoms with E-state index in [1.54, 1.807) is 4.68 Å². The largest absolute Gasteiger partial charge is 0.310 e. The smallest absolute Gasteiger partial charge is 0.253 e. The first kappa shape index (κ1) is 12.5. The lowest BCUT2D eigenvalue weighted by molar-refractivity contribution is 0.752. The summed E-state index contributed by atoms with van der Waals surface area (Å²) >= 11 is 0. The molecule has 0 radical (unpaired) electrons. The second-order valence-corrected chi connectivity index (χ2v) is 4.15. The molecule has 0 aliphatic rings. The summed E-state index contributed by atoms with van der Waals surface area (Å²) in [5.74, 6) is 1.29. The van der Waals surface area contributed by atoms with E-state index >= 15 is 0 Å². The van der Waals surface area contributed by atoms with Crippen molar-refractivity contribution in [2.45, 2.75) is 40.0 Å². The molecular formula is C13H18N4O. The molecule has 2 heterocycles. The van der Waals surface area contributed by atoms with Gasteiger partial charge in [-0.25, -0.2) is 9.67 Å². The zero-order chi connectivity index (χ0) is 13.1. The van der Waals surface area contributed by atoms with Crippen molar-refractivity contribution in [2.24, 2.45) is 0 Å². The maximum Gasteiger partial charge on any atom is 0.253 e. The van der Waals surface area contributed by atoms with Crippen molar-refractivity contribution in [3.63, 3.8) is 0 Å². The molecule has 0 bridgehead atoms. The molecule has 1 N–H and O–H groups in total. The maximum atomic E-state index is 11.6. The van der Waals surface area contributed by atoms with Crippen molar-refractivity contribution in [1.29, 1.82) is 0 Å². The van der Waals surface area contributed by atoms with Crippen LogP contribution in [0.5, 0.6) is 0 Å². The van der Waals surface area contributed by atoms with Crippen molar-refractivity contribution in [3.8, 4) is 5.82 Å². The first-order chi connectivity index (χ1) is 8.67. The Bertz CT molecular complexity index is 597. The van der Waals surface area contributed by atoms with Gasteiger partial charge in [-0.05, 0) is 18.9 Å². The Balaban J connectivity index is 2.56. The number of H-pyrrole nitrogens is 1. The summed E-state index contributed by atoms with van der Waals surface area (Å²) in [4.78, 5) is 18.7. The minimum atomic E-state index is -0.132. The van der Waals surface area contributed by atoms with Gasteiger partial charge in [0.15, 0.2) is 5.82 Å². The lowest BCUT2D eigenvalue weighted by atomic mass is 10.2. The predicted molar refractivity (Wildman–Crippen MR) is 70.1 cm³/mol. The van der Waals surface area contributed by atoms with Crippen LogP contribution in [-0.4, -0.2) is 19.7 Å². The van der Waals surface area contributed by atoms with Gasteiger partial charge in [-0.2, -0.15) is 5.10 Å². The zero-order valence-electron chi connectivity index (χ0n) is 11.0. The summed E-state index contributed by atoms with van der Waals surface area (Å²) in [6.45, 7) is 6.10. The fourth-order valence-electron chi connectivity index (χ4n) is 1.87. The molecule has 0 unspecified atom stereocenters. The highest BCUT2D eigenvalue weighted by Crippen LogP contribution is 2.11. The standard InChI is InChI=1S/C13H18N4O/c1-4-9-7-10(5-2)17(16-9)12-8-13(18)15-11(6-3)14-12/h7-8H,4-6H2,1-3H3,(H,14,15,18). The van der Waals surface area contributed by atoms with Crippen LogP contribution in [0.4, 0.5) is 0 Å². The first-order valence-electron chi connectivity index (χ1n) is 6.36. The van der Waals surface area contributed by atoms with Crippen molar-refractivity contribution in [1.82, 2.24) is 19.7 Å². The molecule has 0 aromatic carbocycles. The molecule has 0 saturated carbocycles. The molecule has 2 rings (SSSR count). The van der Waals surface area contributed by atoms with Crippen LogP contribution in [0.3, 0.4) is 0 Å². The Labute approximate surface area is 106 Å². The molecule has 18 heavy (non-hydrogen) atoms. The Kier molecular flexibility index (Phi) is 3.60. The van der Waals surface area contributed by atoms with Gasteiger partial charge in [-0.1, -0.05) is 20.8 Å². The summed E-state index contributed by atoms with van der Waals surface area (Å²) < 4.78 is 1.77. The normalized spacial score (nSPS) is 10.8. The van der Waals surface area contributed by atoms with E-state index in [1.165, 1.54) is 6.07 Å². The van der Waals surface area contributed by atoms with Gasteiger partial charge in [-0.15, -0.1) is 0 Å². The van der Waals surface area contributed by atoms with E-state index in [4.69, 9.17) is 0 Å². The third-order valence-electron chi connectivity index (χ3n) is 2.89. The van der Waals surface area contributed by atoms with Crippen LogP contribution in [0.15, 0.2) is 16.9 Å². The van der Waals surface area contributed by atoms with Gasteiger partial charge in [0.05, 0.1) is 5.69 Å². The SMILES string of the molecule is CCc1cc(CC)n(-c2cc(=O)[nH]c(CC)n2)n1. The van der Waals surface area contributed by atoms with E-state index in [9.17, 15) is 4.79 Å². The summed E-state index contributed by atoms with van der Waals surface area (Å²) in [5, 5.41) is 4.49. The van der Waals surface area contributed by atoms with Crippen LogP contribution in [-0.2, 0) is 19.3 Å². The van der Waals surface area contributed by atoms with E-state index in [-0.39, 0.29) is 5.56 Å². The number of nitrogens with one attached hydrogen (secondary N) is 1. The molecule has 0 fully saturated rings. The fraction of sp³-hybridized carbons (Fsp3) is 0.462. The monoisotopic (exact) mass is 246 g/mol. The van der Waals surface area contributed by atoms with E-state index in [0.717, 1.165) is 24.2 Å². The van der Waals surface area contributed by atoms with Gasteiger partial charge in [0, 0.05) is 18.2 Å². The van der Waals surface area contributed by atoms with Crippen molar-refractivity contribution >= 4 is 0 Å². The molecule has 0 spiro atoms. The average molecular weight is 246 g/mol. The molecule has 0 aliphatic carbocycles. The van der Waals surface area contributed by atoms with Crippen LogP contribution in [0.2, 0.25) is 0 Å². The number of aryl methyl sites for hydroxylation is 3. The number of rotatable bonds is 4. The van der Waals surface area contributed by atoms with Crippen LogP contribution < -0.4 is 5.56 Å². The van der Waals surface area contributed by atoms with Gasteiger partial charge < -0.3 is 4.98 Å². The molecule has 0 saturated heterocycles. The van der Waals surface area contributed by atoms with Crippen molar-refractivity contribution in [2.75, 3.05) is 0 Å². The van der Waals surface area contributed by atoms with Crippen LogP contribution in [0.25, 0.3) is 5.82 Å². The van der Waals surface area contributed by atoms with Crippen molar-refractivity contribution in [3.05, 3.63) is 39.7 Å². The quantitative estimate of drug-likeness (QED) is 0.892. The topological polar surface area (TPSA) is 63.6 Å². The molecular weight excluding hydrogens is 228 g/mol. The second kappa shape index (κ2) is 5.16. The number of aromatic nitrogens is 4. The summed E-state index contributed by atoms with van der Waals surface area (Å²) in [7, 11) is 0. The Hall–Kier alpha value is -1.91. The van der Waals surface area contributed by atoms with Gasteiger partial charge >= 0.3 is 0 Å². The summed E-state index contributed by atoms with van der Waals surface area (Å²) in [6, 6.07) is 3.55. The lowest BCUT2D eigenvalue weighted by Crippen LogP contribution is -2.15. The van der Waals surface area contributed by atoms with E-state index in [2.05, 4.69) is 35.0 Å². The minimum Gasteiger partial charge on any atom is -0.310 e. The number of nitrogens with zero attached hydrogens (tertiary/aromatic N) is 3. The summed E-state index contributed by atoms with van der Waals surface area (Å²) in [6.07, 6.45) is 2.44. The molecule has 5 nitrogen and oxygen atoms in total. The van der Waals surface area contributed by atoms with E-state index in [0.29, 0.717) is 18.1 Å². The van der Waals surface area contributed by atoms with Gasteiger partial charge in [0.1, 0.15) is 5.82 Å². The molecule has 5 heteroatoms. The van der Waals surface area contributed by atoms with Crippen LogP contribution in [0, 0.1) is 0 Å². The lowest BCUT2D eigenvalue weighted by Gasteiger charge is -2.05. The van der Waals surface area contributed by atoms with Crippen LogP contribution >= 0.6 is 0 Å². The van der Waals surface area contributed by atoms with Crippen molar-refractivity contribution < 1.29 is 0 Å². The highest BCUT2D eigenvalue weighted by Gasteiger charge is 2.09. The fourth-order valence-corrected chi connectivity index (χ4v) is 1.87. The zero-order valence-corrected chi connectivity index (χ0v) is 11.0. The molecule has 2 aromatic heterocycles. The van der Waals surface area contributed by atoms with E-state index < -0.39 is 0 Å². The number of aromatic amines is 1. The van der Waals surface area contributed by atoms with Gasteiger partial charge in [-0.3, -0.25) is 4.79 Å². The maximum absolute atomic E-state index is 11.6. The highest BCUT2D eigenvalue weighted by molar-refractivity contribution is 5.26. The molecule has 96 valence electrons. The number of hydrogen-bond acceptors (Lipinski definition) is 3. The van der Waals surface area contributed by atoms with Gasteiger partial charge in [0.2, 0.25) is 0 Å². The Morgan fingerprint density at radius 2 is 1.94 bits per heavy atom. The average Bonchev–Trinajstić information content (AvgIpc) is 2.81. The number of hydrogen-bond donors (Lipinski definition) is 1. The van der Waals surface area contributed by atoms with E-state index in [1.807, 2.05) is 6.92 Å². The third-order valence-corrected chi connectivity index (χ3v) is 2.89. The first-order valence-corrected chi connectivity index (χ1v) is 6.36. The predicted octanol–water partition coefficient (Wildman–Crippen LogP) is 1.64.